The lowest BCUT2D eigenvalue weighted by Gasteiger charge is -2.34. The maximum absolute atomic E-state index is 13.6. The molecular formula is C17H15FN2O. The Morgan fingerprint density at radius 3 is 2.86 bits per heavy atom. The fourth-order valence-electron chi connectivity index (χ4n) is 2.73. The predicted octanol–water partition coefficient (Wildman–Crippen LogP) is 3.50. The number of anilines is 1. The van der Waals surface area contributed by atoms with Crippen LogP contribution in [-0.4, -0.2) is 6.61 Å². The normalized spacial score (nSPS) is 20.4. The molecule has 0 saturated carbocycles. The number of benzene rings is 2. The van der Waals surface area contributed by atoms with E-state index in [9.17, 15) is 9.65 Å². The molecule has 3 nitrogen and oxygen atoms in total. The van der Waals surface area contributed by atoms with Crippen LogP contribution in [0, 0.1) is 24.1 Å². The summed E-state index contributed by atoms with van der Waals surface area (Å²) in [7, 11) is 0. The van der Waals surface area contributed by atoms with Gasteiger partial charge in [0.25, 0.3) is 0 Å². The van der Waals surface area contributed by atoms with Gasteiger partial charge in [0.1, 0.15) is 5.82 Å². The number of hydrogen-bond donors (Lipinski definition) is 1. The lowest BCUT2D eigenvalue weighted by molar-refractivity contribution is 0.0786. The third kappa shape index (κ3) is 2.48. The van der Waals surface area contributed by atoms with E-state index in [0.29, 0.717) is 12.3 Å². The number of fused-ring (bicyclic) bond motifs is 1. The molecule has 1 aliphatic rings. The summed E-state index contributed by atoms with van der Waals surface area (Å²) in [5, 5.41) is 12.9. The van der Waals surface area contributed by atoms with E-state index in [0.717, 1.165) is 16.7 Å². The van der Waals surface area contributed by atoms with E-state index < -0.39 is 5.54 Å². The van der Waals surface area contributed by atoms with Crippen LogP contribution in [-0.2, 0) is 16.9 Å². The first-order valence-electron chi connectivity index (χ1n) is 6.76. The molecule has 1 unspecified atom stereocenters. The number of hydrogen-bond acceptors (Lipinski definition) is 3. The molecule has 1 heterocycles. The second-order valence-electron chi connectivity index (χ2n) is 5.31. The topological polar surface area (TPSA) is 45.0 Å². The monoisotopic (exact) mass is 282 g/mol. The van der Waals surface area contributed by atoms with Gasteiger partial charge in [0.2, 0.25) is 0 Å². The van der Waals surface area contributed by atoms with Crippen LogP contribution in [0.5, 0.6) is 0 Å². The van der Waals surface area contributed by atoms with Crippen molar-refractivity contribution in [2.75, 3.05) is 11.9 Å². The Labute approximate surface area is 123 Å². The Hall–Kier alpha value is -2.38. The maximum Gasteiger partial charge on any atom is 0.174 e. The molecule has 0 aromatic heterocycles. The minimum atomic E-state index is -0.991. The van der Waals surface area contributed by atoms with Gasteiger partial charge in [-0.2, -0.15) is 5.26 Å². The average Bonchev–Trinajstić information content (AvgIpc) is 2.46. The highest BCUT2D eigenvalue weighted by molar-refractivity contribution is 5.54. The molecular weight excluding hydrogens is 267 g/mol. The number of halogens is 1. The minimum absolute atomic E-state index is 0.232. The van der Waals surface area contributed by atoms with Gasteiger partial charge in [0.05, 0.1) is 19.3 Å². The maximum atomic E-state index is 13.6. The molecule has 3 rings (SSSR count). The second kappa shape index (κ2) is 5.19. The fourth-order valence-corrected chi connectivity index (χ4v) is 2.73. The van der Waals surface area contributed by atoms with Gasteiger partial charge in [-0.15, -0.1) is 0 Å². The van der Waals surface area contributed by atoms with Crippen LogP contribution in [0.15, 0.2) is 42.5 Å². The predicted molar refractivity (Wildman–Crippen MR) is 78.1 cm³/mol. The third-order valence-electron chi connectivity index (χ3n) is 3.64. The molecule has 106 valence electrons. The standard InChI is InChI=1S/C17H15FN2O/c1-12-6-14(18)8-15(7-12)20-17(10-19)11-21-9-13-4-2-3-5-16(13)17/h2-8,20H,9,11H2,1H3. The number of aryl methyl sites for hydroxylation is 1. The lowest BCUT2D eigenvalue weighted by atomic mass is 9.86. The van der Waals surface area contributed by atoms with Gasteiger partial charge in [-0.25, -0.2) is 4.39 Å². The molecule has 1 atom stereocenters. The van der Waals surface area contributed by atoms with Crippen LogP contribution in [0.25, 0.3) is 0 Å². The molecule has 0 bridgehead atoms. The van der Waals surface area contributed by atoms with Crippen LogP contribution < -0.4 is 5.32 Å². The molecule has 1 aliphatic heterocycles. The number of nitrogens with zero attached hydrogens (tertiary/aromatic N) is 1. The quantitative estimate of drug-likeness (QED) is 0.917. The molecule has 2 aromatic rings. The summed E-state index contributed by atoms with van der Waals surface area (Å²) in [6.45, 7) is 2.54. The highest BCUT2D eigenvalue weighted by Crippen LogP contribution is 2.33. The first-order chi connectivity index (χ1) is 10.1. The van der Waals surface area contributed by atoms with Gasteiger partial charge in [-0.1, -0.05) is 24.3 Å². The molecule has 0 saturated heterocycles. The largest absolute Gasteiger partial charge is 0.373 e. The van der Waals surface area contributed by atoms with E-state index in [4.69, 9.17) is 4.74 Å². The molecule has 0 aliphatic carbocycles. The van der Waals surface area contributed by atoms with Crippen molar-refractivity contribution in [3.8, 4) is 6.07 Å². The summed E-state index contributed by atoms with van der Waals surface area (Å²) in [6.07, 6.45) is 0. The van der Waals surface area contributed by atoms with E-state index in [1.54, 1.807) is 0 Å². The SMILES string of the molecule is Cc1cc(F)cc(NC2(C#N)COCc3ccccc32)c1. The molecule has 21 heavy (non-hydrogen) atoms. The van der Waals surface area contributed by atoms with Crippen LogP contribution in [0.3, 0.4) is 0 Å². The molecule has 0 radical (unpaired) electrons. The highest BCUT2D eigenvalue weighted by Gasteiger charge is 2.37. The average molecular weight is 282 g/mol. The summed E-state index contributed by atoms with van der Waals surface area (Å²) >= 11 is 0. The van der Waals surface area contributed by atoms with Crippen LogP contribution >= 0.6 is 0 Å². The minimum Gasteiger partial charge on any atom is -0.373 e. The molecule has 0 fully saturated rings. The van der Waals surface area contributed by atoms with Crippen molar-refractivity contribution in [3.05, 3.63) is 65.0 Å². The summed E-state index contributed by atoms with van der Waals surface area (Å²) < 4.78 is 19.1. The van der Waals surface area contributed by atoms with Gasteiger partial charge in [0, 0.05) is 5.69 Å². The van der Waals surface area contributed by atoms with Crippen molar-refractivity contribution in [2.24, 2.45) is 0 Å². The Morgan fingerprint density at radius 1 is 1.29 bits per heavy atom. The fraction of sp³-hybridized carbons (Fsp3) is 0.235. The molecule has 1 N–H and O–H groups in total. The van der Waals surface area contributed by atoms with E-state index in [-0.39, 0.29) is 12.4 Å². The van der Waals surface area contributed by atoms with E-state index in [1.807, 2.05) is 37.3 Å². The molecule has 4 heteroatoms. The van der Waals surface area contributed by atoms with E-state index >= 15 is 0 Å². The van der Waals surface area contributed by atoms with Gasteiger partial charge >= 0.3 is 0 Å². The second-order valence-corrected chi connectivity index (χ2v) is 5.31. The number of rotatable bonds is 2. The Balaban J connectivity index is 2.05. The summed E-state index contributed by atoms with van der Waals surface area (Å²) in [6, 6.07) is 14.6. The Kier molecular flexibility index (Phi) is 3.36. The van der Waals surface area contributed by atoms with Crippen molar-refractivity contribution in [1.82, 2.24) is 0 Å². The van der Waals surface area contributed by atoms with Crippen molar-refractivity contribution >= 4 is 5.69 Å². The third-order valence-corrected chi connectivity index (χ3v) is 3.64. The zero-order chi connectivity index (χ0) is 14.9. The first-order valence-corrected chi connectivity index (χ1v) is 6.76. The zero-order valence-corrected chi connectivity index (χ0v) is 11.7. The van der Waals surface area contributed by atoms with Gasteiger partial charge in [-0.3, -0.25) is 0 Å². The van der Waals surface area contributed by atoms with Crippen molar-refractivity contribution < 1.29 is 9.13 Å². The Morgan fingerprint density at radius 2 is 2.10 bits per heavy atom. The summed E-state index contributed by atoms with van der Waals surface area (Å²) in [4.78, 5) is 0. The zero-order valence-electron chi connectivity index (χ0n) is 11.7. The molecule has 0 spiro atoms. The molecule has 2 aromatic carbocycles. The van der Waals surface area contributed by atoms with Gasteiger partial charge in [0.15, 0.2) is 5.54 Å². The van der Waals surface area contributed by atoms with Crippen LogP contribution in [0.1, 0.15) is 16.7 Å². The van der Waals surface area contributed by atoms with E-state index in [2.05, 4.69) is 11.4 Å². The van der Waals surface area contributed by atoms with Crippen molar-refractivity contribution in [3.63, 3.8) is 0 Å². The van der Waals surface area contributed by atoms with Crippen LogP contribution in [0.4, 0.5) is 10.1 Å². The van der Waals surface area contributed by atoms with Gasteiger partial charge < -0.3 is 10.1 Å². The Bertz CT molecular complexity index is 703. The van der Waals surface area contributed by atoms with Crippen molar-refractivity contribution in [2.45, 2.75) is 19.1 Å². The molecule has 0 amide bonds. The number of nitriles is 1. The van der Waals surface area contributed by atoms with Crippen molar-refractivity contribution in [1.29, 1.82) is 5.26 Å². The summed E-state index contributed by atoms with van der Waals surface area (Å²) in [5.74, 6) is -0.324. The van der Waals surface area contributed by atoms with Gasteiger partial charge in [-0.05, 0) is 41.8 Å². The lowest BCUT2D eigenvalue weighted by Crippen LogP contribution is -2.42. The van der Waals surface area contributed by atoms with Crippen LogP contribution in [0.2, 0.25) is 0 Å². The number of ether oxygens (including phenoxy) is 1. The smallest absolute Gasteiger partial charge is 0.174 e. The highest BCUT2D eigenvalue weighted by atomic mass is 19.1. The summed E-state index contributed by atoms with van der Waals surface area (Å²) in [5.41, 5.74) is 2.26. The number of nitrogens with one attached hydrogen (secondary N) is 1. The first kappa shape index (κ1) is 13.6. The van der Waals surface area contributed by atoms with E-state index in [1.165, 1.54) is 12.1 Å².